The number of rotatable bonds is 7. The molecule has 0 fully saturated rings. The van der Waals surface area contributed by atoms with Gasteiger partial charge in [0.15, 0.2) is 10.9 Å². The predicted molar refractivity (Wildman–Crippen MR) is 111 cm³/mol. The molecule has 0 amide bonds. The fraction of sp³-hybridized carbons (Fsp3) is 0.190. The Hall–Kier alpha value is -3.53. The lowest BCUT2D eigenvalue weighted by atomic mass is 10.1. The highest BCUT2D eigenvalue weighted by molar-refractivity contribution is 7.16. The molecule has 0 aliphatic rings. The molecule has 0 bridgehead atoms. The van der Waals surface area contributed by atoms with E-state index in [1.54, 1.807) is 19.3 Å². The van der Waals surface area contributed by atoms with Crippen LogP contribution in [0.5, 0.6) is 0 Å². The lowest BCUT2D eigenvalue weighted by molar-refractivity contribution is 0.0986. The van der Waals surface area contributed by atoms with Crippen molar-refractivity contribution >= 4 is 17.1 Å². The van der Waals surface area contributed by atoms with Gasteiger partial charge in [0.25, 0.3) is 0 Å². The third kappa shape index (κ3) is 4.64. The highest BCUT2D eigenvalue weighted by Crippen LogP contribution is 2.22. The van der Waals surface area contributed by atoms with Crippen molar-refractivity contribution in [2.75, 3.05) is 0 Å². The van der Waals surface area contributed by atoms with Crippen LogP contribution in [0, 0.1) is 18.6 Å². The normalized spacial score (nSPS) is 11.1. The number of hydrogen-bond donors (Lipinski definition) is 0. The molecular formula is C21H17F2N5O2S. The van der Waals surface area contributed by atoms with Gasteiger partial charge in [0, 0.05) is 24.9 Å². The van der Waals surface area contributed by atoms with E-state index in [0.29, 0.717) is 28.5 Å². The van der Waals surface area contributed by atoms with E-state index in [4.69, 9.17) is 0 Å². The summed E-state index contributed by atoms with van der Waals surface area (Å²) >= 11 is 1.11. The second-order valence-electron chi connectivity index (χ2n) is 6.91. The van der Waals surface area contributed by atoms with E-state index in [9.17, 15) is 18.4 Å². The monoisotopic (exact) mass is 441 g/mol. The Labute approximate surface area is 179 Å². The number of carbonyl (C=O) groups is 1. The van der Waals surface area contributed by atoms with Crippen LogP contribution in [0.2, 0.25) is 0 Å². The van der Waals surface area contributed by atoms with Gasteiger partial charge in [0.1, 0.15) is 18.0 Å². The van der Waals surface area contributed by atoms with Crippen LogP contribution >= 0.6 is 11.3 Å². The predicted octanol–water partition coefficient (Wildman–Crippen LogP) is 3.34. The van der Waals surface area contributed by atoms with Gasteiger partial charge >= 0.3 is 5.69 Å². The summed E-state index contributed by atoms with van der Waals surface area (Å²) in [6.45, 7) is 1.62. The van der Waals surface area contributed by atoms with Crippen LogP contribution in [0.4, 0.5) is 8.78 Å². The zero-order valence-corrected chi connectivity index (χ0v) is 17.3. The van der Waals surface area contributed by atoms with Crippen molar-refractivity contribution in [1.29, 1.82) is 0 Å². The number of Topliss-reactive ketones (excluding diaryl/α,β-unsaturated/α-hetero) is 1. The Morgan fingerprint density at radius 3 is 2.65 bits per heavy atom. The van der Waals surface area contributed by atoms with Crippen LogP contribution in [0.1, 0.15) is 32.9 Å². The lowest BCUT2D eigenvalue weighted by Crippen LogP contribution is -2.24. The summed E-state index contributed by atoms with van der Waals surface area (Å²) in [5.74, 6) is -1.53. The minimum atomic E-state index is -0.729. The van der Waals surface area contributed by atoms with E-state index in [2.05, 4.69) is 15.1 Å². The first kappa shape index (κ1) is 20.7. The topological polar surface area (TPSA) is 82.7 Å². The Morgan fingerprint density at radius 1 is 1.16 bits per heavy atom. The molecule has 31 heavy (non-hydrogen) atoms. The SMILES string of the molecule is Cc1nc(-n2cnn(Cc3cc(F)cc(F)c3)c2=O)sc1C(=O)CCc1cccnc1. The van der Waals surface area contributed by atoms with Gasteiger partial charge in [-0.25, -0.2) is 27.8 Å². The molecular weight excluding hydrogens is 424 g/mol. The average Bonchev–Trinajstić information content (AvgIpc) is 3.29. The van der Waals surface area contributed by atoms with Crippen LogP contribution in [0.25, 0.3) is 5.13 Å². The van der Waals surface area contributed by atoms with Crippen LogP contribution < -0.4 is 5.69 Å². The summed E-state index contributed by atoms with van der Waals surface area (Å²) in [6.07, 6.45) is 5.53. The summed E-state index contributed by atoms with van der Waals surface area (Å²) in [4.78, 5) is 34.2. The summed E-state index contributed by atoms with van der Waals surface area (Å²) in [5.41, 5.74) is 1.24. The minimum absolute atomic E-state index is 0.0687. The zero-order chi connectivity index (χ0) is 22.0. The highest BCUT2D eigenvalue weighted by atomic mass is 32.1. The van der Waals surface area contributed by atoms with E-state index in [-0.39, 0.29) is 17.9 Å². The third-order valence-electron chi connectivity index (χ3n) is 4.60. The number of pyridine rings is 1. The number of aromatic nitrogens is 5. The number of hydrogen-bond acceptors (Lipinski definition) is 6. The molecule has 4 rings (SSSR count). The quantitative estimate of drug-likeness (QED) is 0.411. The van der Waals surface area contributed by atoms with Crippen molar-refractivity contribution in [1.82, 2.24) is 24.3 Å². The van der Waals surface area contributed by atoms with Crippen molar-refractivity contribution in [2.24, 2.45) is 0 Å². The lowest BCUT2D eigenvalue weighted by Gasteiger charge is -2.01. The van der Waals surface area contributed by atoms with Crippen molar-refractivity contribution in [3.8, 4) is 5.13 Å². The Kier molecular flexibility index (Phi) is 5.81. The van der Waals surface area contributed by atoms with Gasteiger partial charge < -0.3 is 0 Å². The summed E-state index contributed by atoms with van der Waals surface area (Å²) in [6, 6.07) is 6.76. The van der Waals surface area contributed by atoms with Gasteiger partial charge in [-0.05, 0) is 42.7 Å². The molecule has 0 N–H and O–H groups in total. The molecule has 0 unspecified atom stereocenters. The van der Waals surface area contributed by atoms with Crippen LogP contribution in [0.3, 0.4) is 0 Å². The van der Waals surface area contributed by atoms with Crippen LogP contribution in [0.15, 0.2) is 53.8 Å². The van der Waals surface area contributed by atoms with Gasteiger partial charge in [0.2, 0.25) is 0 Å². The molecule has 0 saturated heterocycles. The Morgan fingerprint density at radius 2 is 1.94 bits per heavy atom. The zero-order valence-electron chi connectivity index (χ0n) is 16.5. The number of thiazole rings is 1. The molecule has 7 nitrogen and oxygen atoms in total. The van der Waals surface area contributed by atoms with Gasteiger partial charge in [-0.1, -0.05) is 17.4 Å². The molecule has 158 valence electrons. The first-order chi connectivity index (χ1) is 14.9. The molecule has 3 aromatic heterocycles. The fourth-order valence-electron chi connectivity index (χ4n) is 3.11. The smallest absolute Gasteiger partial charge is 0.293 e. The van der Waals surface area contributed by atoms with Gasteiger partial charge in [-0.2, -0.15) is 5.10 Å². The molecule has 0 aliphatic heterocycles. The van der Waals surface area contributed by atoms with E-state index in [1.807, 2.05) is 12.1 Å². The number of halogens is 2. The first-order valence-electron chi connectivity index (χ1n) is 9.40. The number of ketones is 1. The molecule has 3 heterocycles. The largest absolute Gasteiger partial charge is 0.352 e. The number of nitrogens with zero attached hydrogens (tertiary/aromatic N) is 5. The average molecular weight is 441 g/mol. The Balaban J connectivity index is 1.53. The highest BCUT2D eigenvalue weighted by Gasteiger charge is 2.18. The molecule has 0 saturated carbocycles. The molecule has 0 spiro atoms. The molecule has 10 heteroatoms. The van der Waals surface area contributed by atoms with Crippen molar-refractivity contribution in [3.63, 3.8) is 0 Å². The maximum Gasteiger partial charge on any atom is 0.352 e. The van der Waals surface area contributed by atoms with Crippen molar-refractivity contribution in [3.05, 3.63) is 92.9 Å². The summed E-state index contributed by atoms with van der Waals surface area (Å²) < 4.78 is 29.1. The molecule has 0 aliphatic carbocycles. The fourth-order valence-corrected chi connectivity index (χ4v) is 4.11. The van der Waals surface area contributed by atoms with Gasteiger partial charge in [-0.3, -0.25) is 9.78 Å². The van der Waals surface area contributed by atoms with Gasteiger partial charge in [-0.15, -0.1) is 0 Å². The van der Waals surface area contributed by atoms with E-state index >= 15 is 0 Å². The maximum absolute atomic E-state index is 13.4. The number of aryl methyl sites for hydroxylation is 2. The van der Waals surface area contributed by atoms with Crippen molar-refractivity contribution in [2.45, 2.75) is 26.3 Å². The minimum Gasteiger partial charge on any atom is -0.293 e. The Bertz CT molecular complexity index is 1280. The van der Waals surface area contributed by atoms with Crippen LogP contribution in [-0.4, -0.2) is 30.1 Å². The van der Waals surface area contributed by atoms with E-state index < -0.39 is 17.3 Å². The molecule has 0 radical (unpaired) electrons. The van der Waals surface area contributed by atoms with E-state index in [0.717, 1.165) is 39.8 Å². The second-order valence-corrected chi connectivity index (χ2v) is 7.89. The van der Waals surface area contributed by atoms with E-state index in [1.165, 1.54) is 10.9 Å². The van der Waals surface area contributed by atoms with Gasteiger partial charge in [0.05, 0.1) is 17.1 Å². The summed E-state index contributed by atoms with van der Waals surface area (Å²) in [5, 5.41) is 4.31. The number of benzene rings is 1. The second kappa shape index (κ2) is 8.68. The number of carbonyl (C=O) groups excluding carboxylic acids is 1. The molecule has 1 aromatic carbocycles. The summed E-state index contributed by atoms with van der Waals surface area (Å²) in [7, 11) is 0. The van der Waals surface area contributed by atoms with Crippen LogP contribution in [-0.2, 0) is 13.0 Å². The van der Waals surface area contributed by atoms with Crippen molar-refractivity contribution < 1.29 is 13.6 Å². The maximum atomic E-state index is 13.4. The third-order valence-corrected chi connectivity index (χ3v) is 5.79. The standard InChI is InChI=1S/C21H17F2N5O2S/c1-13-19(18(29)5-4-14-3-2-6-24-10-14)31-20(26-13)27-12-25-28(21(27)30)11-15-7-16(22)9-17(23)8-15/h2-3,6-10,12H,4-5,11H2,1H3. The molecule has 0 atom stereocenters. The first-order valence-corrected chi connectivity index (χ1v) is 10.2. The molecule has 4 aromatic rings.